The third kappa shape index (κ3) is 6.35. The Bertz CT molecular complexity index is 990. The highest BCUT2D eigenvalue weighted by atomic mass is 19.1. The van der Waals surface area contributed by atoms with Gasteiger partial charge in [0.05, 0.1) is 26.0 Å². The number of hydrogen-bond donors (Lipinski definition) is 0. The third-order valence-corrected chi connectivity index (χ3v) is 6.54. The van der Waals surface area contributed by atoms with Crippen LogP contribution in [0.4, 0.5) is 4.39 Å². The van der Waals surface area contributed by atoms with Crippen molar-refractivity contribution in [3.8, 4) is 5.75 Å². The zero-order chi connectivity index (χ0) is 24.0. The molecule has 7 heteroatoms. The number of hydrogen-bond acceptors (Lipinski definition) is 4. The van der Waals surface area contributed by atoms with Gasteiger partial charge in [-0.05, 0) is 56.0 Å². The van der Waals surface area contributed by atoms with Gasteiger partial charge in [-0.15, -0.1) is 0 Å². The van der Waals surface area contributed by atoms with Gasteiger partial charge in [-0.2, -0.15) is 0 Å². The molecule has 2 aromatic carbocycles. The predicted molar refractivity (Wildman–Crippen MR) is 127 cm³/mol. The number of carbonyl (C=O) groups excluding carboxylic acids is 2. The number of halogens is 1. The maximum atomic E-state index is 13.3. The standard InChI is InChI=1S/C27H33FN2O4/c1-21-6-5-7-22(16-21)17-25(31)30-14-15-34-27(19-30,18-26(32)29-12-3-2-4-13-29)20-33-24-10-8-23(28)9-11-24/h5-11,16H,2-4,12-15,17-20H2,1H3/t27-/m1/s1. The molecule has 0 unspecified atom stereocenters. The minimum Gasteiger partial charge on any atom is -0.490 e. The second-order valence-electron chi connectivity index (χ2n) is 9.37. The highest BCUT2D eigenvalue weighted by molar-refractivity contribution is 5.80. The number of likely N-dealkylation sites (tertiary alicyclic amines) is 1. The number of rotatable bonds is 7. The lowest BCUT2D eigenvalue weighted by molar-refractivity contribution is -0.166. The van der Waals surface area contributed by atoms with Gasteiger partial charge in [0.2, 0.25) is 11.8 Å². The summed E-state index contributed by atoms with van der Waals surface area (Å²) in [7, 11) is 0. The Morgan fingerprint density at radius 2 is 1.76 bits per heavy atom. The van der Waals surface area contributed by atoms with Crippen LogP contribution < -0.4 is 4.74 Å². The number of aryl methyl sites for hydroxylation is 1. The molecule has 0 aromatic heterocycles. The number of amides is 2. The van der Waals surface area contributed by atoms with Crippen LogP contribution in [-0.4, -0.2) is 66.6 Å². The molecule has 182 valence electrons. The minimum absolute atomic E-state index is 0.00507. The summed E-state index contributed by atoms with van der Waals surface area (Å²) in [5.41, 5.74) is 1.12. The van der Waals surface area contributed by atoms with Crippen molar-refractivity contribution in [3.63, 3.8) is 0 Å². The van der Waals surface area contributed by atoms with E-state index in [4.69, 9.17) is 9.47 Å². The van der Waals surface area contributed by atoms with E-state index < -0.39 is 5.60 Å². The second-order valence-corrected chi connectivity index (χ2v) is 9.37. The normalized spacial score (nSPS) is 20.8. The summed E-state index contributed by atoms with van der Waals surface area (Å²) in [5, 5.41) is 0. The van der Waals surface area contributed by atoms with Crippen LogP contribution in [0.25, 0.3) is 0 Å². The van der Waals surface area contributed by atoms with Gasteiger partial charge in [-0.1, -0.05) is 29.8 Å². The van der Waals surface area contributed by atoms with E-state index >= 15 is 0 Å². The fourth-order valence-corrected chi connectivity index (χ4v) is 4.69. The molecule has 4 rings (SSSR count). The van der Waals surface area contributed by atoms with Gasteiger partial charge in [0.1, 0.15) is 23.8 Å². The summed E-state index contributed by atoms with van der Waals surface area (Å²) >= 11 is 0. The van der Waals surface area contributed by atoms with Gasteiger partial charge in [-0.3, -0.25) is 9.59 Å². The largest absolute Gasteiger partial charge is 0.490 e. The van der Waals surface area contributed by atoms with Crippen molar-refractivity contribution in [1.29, 1.82) is 0 Å². The summed E-state index contributed by atoms with van der Waals surface area (Å²) in [6.07, 6.45) is 3.60. The van der Waals surface area contributed by atoms with Gasteiger partial charge >= 0.3 is 0 Å². The van der Waals surface area contributed by atoms with Gasteiger partial charge in [0.25, 0.3) is 0 Å². The van der Waals surface area contributed by atoms with E-state index in [0.717, 1.165) is 43.5 Å². The molecule has 2 aromatic rings. The first-order chi connectivity index (χ1) is 16.4. The third-order valence-electron chi connectivity index (χ3n) is 6.54. The molecule has 0 saturated carbocycles. The van der Waals surface area contributed by atoms with Crippen molar-refractivity contribution >= 4 is 11.8 Å². The first-order valence-corrected chi connectivity index (χ1v) is 12.1. The monoisotopic (exact) mass is 468 g/mol. The molecular formula is C27H33FN2O4. The zero-order valence-electron chi connectivity index (χ0n) is 19.8. The molecule has 2 fully saturated rings. The van der Waals surface area contributed by atoms with Crippen molar-refractivity contribution < 1.29 is 23.5 Å². The Kier molecular flexibility index (Phi) is 7.83. The van der Waals surface area contributed by atoms with Gasteiger partial charge in [-0.25, -0.2) is 4.39 Å². The molecule has 0 aliphatic carbocycles. The lowest BCUT2D eigenvalue weighted by Crippen LogP contribution is -2.58. The van der Waals surface area contributed by atoms with Gasteiger partial charge < -0.3 is 19.3 Å². The Balaban J connectivity index is 1.48. The number of ether oxygens (including phenoxy) is 2. The zero-order valence-corrected chi connectivity index (χ0v) is 19.8. The van der Waals surface area contributed by atoms with E-state index in [1.54, 1.807) is 17.0 Å². The van der Waals surface area contributed by atoms with Crippen LogP contribution in [0.5, 0.6) is 5.75 Å². The Labute approximate surface area is 200 Å². The topological polar surface area (TPSA) is 59.1 Å². The summed E-state index contributed by atoms with van der Waals surface area (Å²) in [6.45, 7) is 4.70. The number of piperidine rings is 1. The summed E-state index contributed by atoms with van der Waals surface area (Å²) in [4.78, 5) is 30.0. The molecule has 1 atom stereocenters. The summed E-state index contributed by atoms with van der Waals surface area (Å²) in [6, 6.07) is 13.7. The smallest absolute Gasteiger partial charge is 0.227 e. The highest BCUT2D eigenvalue weighted by Crippen LogP contribution is 2.27. The molecule has 6 nitrogen and oxygen atoms in total. The molecule has 2 amide bonds. The van der Waals surface area contributed by atoms with Crippen LogP contribution in [0.15, 0.2) is 48.5 Å². The summed E-state index contributed by atoms with van der Waals surface area (Å²) < 4.78 is 25.4. The minimum atomic E-state index is -0.955. The van der Waals surface area contributed by atoms with E-state index in [0.29, 0.717) is 25.3 Å². The number of nitrogens with zero attached hydrogens (tertiary/aromatic N) is 2. The quantitative estimate of drug-likeness (QED) is 0.621. The average molecular weight is 469 g/mol. The lowest BCUT2D eigenvalue weighted by Gasteiger charge is -2.43. The van der Waals surface area contributed by atoms with E-state index in [2.05, 4.69) is 0 Å². The average Bonchev–Trinajstić information content (AvgIpc) is 2.84. The molecule has 2 saturated heterocycles. The maximum Gasteiger partial charge on any atom is 0.227 e. The molecule has 0 N–H and O–H groups in total. The SMILES string of the molecule is Cc1cccc(CC(=O)N2CCO[C@](COc3ccc(F)cc3)(CC(=O)N3CCCCC3)C2)c1. The fourth-order valence-electron chi connectivity index (χ4n) is 4.69. The van der Waals surface area contributed by atoms with Crippen LogP contribution >= 0.6 is 0 Å². The van der Waals surface area contributed by atoms with Crippen LogP contribution in [0.2, 0.25) is 0 Å². The molecule has 0 bridgehead atoms. The van der Waals surface area contributed by atoms with Crippen LogP contribution in [0.3, 0.4) is 0 Å². The second kappa shape index (κ2) is 11.0. The van der Waals surface area contributed by atoms with Gasteiger partial charge in [0, 0.05) is 19.6 Å². The Hall–Kier alpha value is -2.93. The van der Waals surface area contributed by atoms with E-state index in [1.165, 1.54) is 12.1 Å². The van der Waals surface area contributed by atoms with Crippen molar-refractivity contribution in [3.05, 3.63) is 65.5 Å². The molecule has 0 radical (unpaired) electrons. The molecule has 0 spiro atoms. The molecule has 2 aliphatic rings. The first-order valence-electron chi connectivity index (χ1n) is 12.1. The number of morpholine rings is 1. The van der Waals surface area contributed by atoms with Crippen molar-refractivity contribution in [2.24, 2.45) is 0 Å². The molecular weight excluding hydrogens is 435 g/mol. The highest BCUT2D eigenvalue weighted by Gasteiger charge is 2.42. The van der Waals surface area contributed by atoms with E-state index in [9.17, 15) is 14.0 Å². The van der Waals surface area contributed by atoms with E-state index in [1.807, 2.05) is 36.1 Å². The maximum absolute atomic E-state index is 13.3. The molecule has 34 heavy (non-hydrogen) atoms. The fraction of sp³-hybridized carbons (Fsp3) is 0.481. The van der Waals surface area contributed by atoms with Crippen LogP contribution in [0.1, 0.15) is 36.8 Å². The van der Waals surface area contributed by atoms with Crippen molar-refractivity contribution in [2.75, 3.05) is 39.4 Å². The lowest BCUT2D eigenvalue weighted by atomic mass is 9.95. The van der Waals surface area contributed by atoms with E-state index in [-0.39, 0.29) is 37.2 Å². The van der Waals surface area contributed by atoms with Crippen molar-refractivity contribution in [2.45, 2.75) is 44.6 Å². The molecule has 2 aliphatic heterocycles. The van der Waals surface area contributed by atoms with Crippen molar-refractivity contribution in [1.82, 2.24) is 9.80 Å². The Morgan fingerprint density at radius 3 is 2.50 bits per heavy atom. The molecule has 2 heterocycles. The number of benzene rings is 2. The number of carbonyl (C=O) groups is 2. The predicted octanol–water partition coefficient (Wildman–Crippen LogP) is 3.76. The first kappa shape index (κ1) is 24.2. The van der Waals surface area contributed by atoms with Crippen LogP contribution in [-0.2, 0) is 20.7 Å². The summed E-state index contributed by atoms with van der Waals surface area (Å²) in [5.74, 6) is 0.183. The van der Waals surface area contributed by atoms with Gasteiger partial charge in [0.15, 0.2) is 0 Å². The Morgan fingerprint density at radius 1 is 1.00 bits per heavy atom. The van der Waals surface area contributed by atoms with Crippen LogP contribution in [0, 0.1) is 12.7 Å².